The molecular weight excluding hydrogens is 280 g/mol. The molecule has 20 heavy (non-hydrogen) atoms. The van der Waals surface area contributed by atoms with Crippen LogP contribution in [0, 0.1) is 17.0 Å². The lowest BCUT2D eigenvalue weighted by molar-refractivity contribution is -0.384. The van der Waals surface area contributed by atoms with E-state index in [1.807, 2.05) is 25.1 Å². The van der Waals surface area contributed by atoms with Gasteiger partial charge in [0.25, 0.3) is 0 Å². The Morgan fingerprint density at radius 2 is 2.10 bits per heavy atom. The molecule has 0 fully saturated rings. The van der Waals surface area contributed by atoms with E-state index < -0.39 is 4.92 Å². The third-order valence-corrected chi connectivity index (χ3v) is 3.44. The molecule has 0 saturated carbocycles. The lowest BCUT2D eigenvalue weighted by atomic mass is 10.1. The van der Waals surface area contributed by atoms with Crippen LogP contribution in [0.2, 0.25) is 5.02 Å². The van der Waals surface area contributed by atoms with Crippen molar-refractivity contribution in [3.63, 3.8) is 0 Å². The van der Waals surface area contributed by atoms with E-state index >= 15 is 0 Å². The van der Waals surface area contributed by atoms with Crippen molar-refractivity contribution in [1.29, 1.82) is 0 Å². The summed E-state index contributed by atoms with van der Waals surface area (Å²) in [5.41, 5.74) is 1.25. The number of benzene rings is 1. The van der Waals surface area contributed by atoms with Gasteiger partial charge < -0.3 is 5.32 Å². The summed E-state index contributed by atoms with van der Waals surface area (Å²) >= 11 is 6.14. The highest BCUT2D eigenvalue weighted by Gasteiger charge is 2.25. The molecule has 0 radical (unpaired) electrons. The van der Waals surface area contributed by atoms with Gasteiger partial charge in [-0.05, 0) is 25.5 Å². The van der Waals surface area contributed by atoms with Gasteiger partial charge in [-0.15, -0.1) is 0 Å². The van der Waals surface area contributed by atoms with Crippen LogP contribution in [0.3, 0.4) is 0 Å². The smallest absolute Gasteiger partial charge is 0.333 e. The Kier molecular flexibility index (Phi) is 3.94. The molecule has 1 aromatic carbocycles. The normalized spacial score (nSPS) is 12.2. The molecule has 0 aliphatic heterocycles. The van der Waals surface area contributed by atoms with Crippen LogP contribution in [-0.2, 0) is 7.05 Å². The van der Waals surface area contributed by atoms with E-state index in [2.05, 4.69) is 10.4 Å². The fourth-order valence-electron chi connectivity index (χ4n) is 2.14. The molecule has 7 heteroatoms. The summed E-state index contributed by atoms with van der Waals surface area (Å²) < 4.78 is 1.47. The minimum Gasteiger partial charge on any atom is -0.358 e. The second-order valence-electron chi connectivity index (χ2n) is 4.55. The third-order valence-electron chi connectivity index (χ3n) is 3.10. The molecule has 1 unspecified atom stereocenters. The van der Waals surface area contributed by atoms with Gasteiger partial charge in [0.2, 0.25) is 5.82 Å². The Hall–Kier alpha value is -2.08. The molecule has 2 aromatic rings. The molecule has 1 N–H and O–H groups in total. The number of halogens is 1. The first kappa shape index (κ1) is 14.3. The Labute approximate surface area is 121 Å². The number of nitrogens with one attached hydrogen (secondary N) is 1. The fourth-order valence-corrected chi connectivity index (χ4v) is 2.44. The molecule has 0 bridgehead atoms. The maximum Gasteiger partial charge on any atom is 0.333 e. The number of aromatic nitrogens is 2. The molecule has 106 valence electrons. The topological polar surface area (TPSA) is 73.0 Å². The van der Waals surface area contributed by atoms with Crippen molar-refractivity contribution in [3.05, 3.63) is 50.7 Å². The molecule has 1 heterocycles. The predicted octanol–water partition coefficient (Wildman–Crippen LogP) is 3.46. The van der Waals surface area contributed by atoms with E-state index in [1.54, 1.807) is 20.0 Å². The highest BCUT2D eigenvalue weighted by atomic mass is 35.5. The minimum absolute atomic E-state index is 0.00796. The highest BCUT2D eigenvalue weighted by Crippen LogP contribution is 2.32. The quantitative estimate of drug-likeness (QED) is 0.692. The number of nitro groups is 1. The molecule has 6 nitrogen and oxygen atoms in total. The Morgan fingerprint density at radius 1 is 1.45 bits per heavy atom. The van der Waals surface area contributed by atoms with Crippen LogP contribution in [0.25, 0.3) is 0 Å². The zero-order valence-corrected chi connectivity index (χ0v) is 12.2. The largest absolute Gasteiger partial charge is 0.358 e. The summed E-state index contributed by atoms with van der Waals surface area (Å²) in [6.07, 6.45) is 0. The second kappa shape index (κ2) is 5.50. The molecule has 1 aromatic heterocycles. The van der Waals surface area contributed by atoms with Crippen molar-refractivity contribution >= 4 is 23.1 Å². The first-order valence-electron chi connectivity index (χ1n) is 6.10. The average molecular weight is 295 g/mol. The first-order valence-corrected chi connectivity index (χ1v) is 6.48. The van der Waals surface area contributed by atoms with Gasteiger partial charge in [-0.2, -0.15) is 5.10 Å². The van der Waals surface area contributed by atoms with Crippen molar-refractivity contribution < 1.29 is 4.92 Å². The Balaban J connectivity index is 2.36. The summed E-state index contributed by atoms with van der Waals surface area (Å²) in [5.74, 6) is 0.375. The van der Waals surface area contributed by atoms with Crippen molar-refractivity contribution in [3.8, 4) is 0 Å². The molecule has 0 amide bonds. The second-order valence-corrected chi connectivity index (χ2v) is 4.96. The van der Waals surface area contributed by atoms with Gasteiger partial charge in [0.15, 0.2) is 0 Å². The van der Waals surface area contributed by atoms with E-state index in [1.165, 1.54) is 4.68 Å². The van der Waals surface area contributed by atoms with Crippen molar-refractivity contribution in [1.82, 2.24) is 9.78 Å². The van der Waals surface area contributed by atoms with Crippen LogP contribution in [0.15, 0.2) is 24.3 Å². The lowest BCUT2D eigenvalue weighted by Crippen LogP contribution is -2.11. The Morgan fingerprint density at radius 3 is 2.70 bits per heavy atom. The van der Waals surface area contributed by atoms with Gasteiger partial charge in [-0.3, -0.25) is 10.1 Å². The van der Waals surface area contributed by atoms with Gasteiger partial charge >= 0.3 is 5.69 Å². The van der Waals surface area contributed by atoms with Gasteiger partial charge in [-0.25, -0.2) is 4.68 Å². The number of anilines is 1. The lowest BCUT2D eigenvalue weighted by Gasteiger charge is -2.16. The predicted molar refractivity (Wildman–Crippen MR) is 78.1 cm³/mol. The molecule has 0 spiro atoms. The molecule has 2 rings (SSSR count). The number of aryl methyl sites for hydroxylation is 2. The SMILES string of the molecule is Cc1nn(C)c(NC(C)c2ccccc2Cl)c1[N+](=O)[O-]. The van der Waals surface area contributed by atoms with Crippen molar-refractivity contribution in [2.45, 2.75) is 19.9 Å². The number of hydrogen-bond acceptors (Lipinski definition) is 4. The first-order chi connectivity index (χ1) is 9.41. The fraction of sp³-hybridized carbons (Fsp3) is 0.308. The molecule has 0 saturated heterocycles. The third kappa shape index (κ3) is 2.60. The van der Waals surface area contributed by atoms with E-state index in [-0.39, 0.29) is 11.7 Å². The maximum absolute atomic E-state index is 11.1. The van der Waals surface area contributed by atoms with E-state index in [0.29, 0.717) is 16.5 Å². The Bertz CT molecular complexity index is 654. The summed E-state index contributed by atoms with van der Waals surface area (Å²) in [7, 11) is 1.67. The summed E-state index contributed by atoms with van der Waals surface area (Å²) in [6.45, 7) is 3.51. The van der Waals surface area contributed by atoms with E-state index in [9.17, 15) is 10.1 Å². The van der Waals surface area contributed by atoms with Gasteiger partial charge in [0.05, 0.1) is 11.0 Å². The molecule has 1 atom stereocenters. The van der Waals surface area contributed by atoms with Crippen LogP contribution in [0.1, 0.15) is 24.2 Å². The van der Waals surface area contributed by atoms with Crippen molar-refractivity contribution in [2.75, 3.05) is 5.32 Å². The zero-order chi connectivity index (χ0) is 14.9. The van der Waals surface area contributed by atoms with Gasteiger partial charge in [0.1, 0.15) is 5.69 Å². The monoisotopic (exact) mass is 294 g/mol. The highest BCUT2D eigenvalue weighted by molar-refractivity contribution is 6.31. The van der Waals surface area contributed by atoms with Crippen molar-refractivity contribution in [2.24, 2.45) is 7.05 Å². The van der Waals surface area contributed by atoms with Gasteiger partial charge in [0, 0.05) is 12.1 Å². The van der Waals surface area contributed by atoms with E-state index in [4.69, 9.17) is 11.6 Å². The molecular formula is C13H15ClN4O2. The van der Waals surface area contributed by atoms with Crippen LogP contribution in [-0.4, -0.2) is 14.7 Å². The zero-order valence-electron chi connectivity index (χ0n) is 11.4. The van der Waals surface area contributed by atoms with Crippen LogP contribution in [0.5, 0.6) is 0 Å². The summed E-state index contributed by atoms with van der Waals surface area (Å²) in [4.78, 5) is 10.7. The summed E-state index contributed by atoms with van der Waals surface area (Å²) in [6, 6.07) is 7.22. The van der Waals surface area contributed by atoms with Crippen LogP contribution < -0.4 is 5.32 Å². The number of rotatable bonds is 4. The molecule has 0 aliphatic rings. The van der Waals surface area contributed by atoms with Crippen LogP contribution in [0.4, 0.5) is 11.5 Å². The summed E-state index contributed by atoms with van der Waals surface area (Å²) in [5, 5.41) is 18.9. The van der Waals surface area contributed by atoms with Crippen LogP contribution >= 0.6 is 11.6 Å². The number of nitrogens with zero attached hydrogens (tertiary/aromatic N) is 3. The minimum atomic E-state index is -0.427. The number of hydrogen-bond donors (Lipinski definition) is 1. The van der Waals surface area contributed by atoms with Gasteiger partial charge in [-0.1, -0.05) is 29.8 Å². The maximum atomic E-state index is 11.1. The van der Waals surface area contributed by atoms with E-state index in [0.717, 1.165) is 5.56 Å². The average Bonchev–Trinajstić information content (AvgIpc) is 2.64. The standard InChI is InChI=1S/C13H15ClN4O2/c1-8(10-6-4-5-7-11(10)14)15-13-12(18(19)20)9(2)16-17(13)3/h4-8,15H,1-3H3. The molecule has 0 aliphatic carbocycles.